The number of hydrogen-bond acceptors (Lipinski definition) is 5. The molecule has 0 radical (unpaired) electrons. The van der Waals surface area contributed by atoms with E-state index in [4.69, 9.17) is 9.16 Å². The number of halogens is 1. The van der Waals surface area contributed by atoms with E-state index < -0.39 is 43.9 Å². The van der Waals surface area contributed by atoms with E-state index in [1.54, 1.807) is 16.8 Å². The molecule has 9 nitrogen and oxygen atoms in total. The van der Waals surface area contributed by atoms with Gasteiger partial charge in [-0.3, -0.25) is 14.5 Å². The molecule has 3 aliphatic rings. The first-order valence-electron chi connectivity index (χ1n) is 15.0. The number of para-hydroxylation sites is 1. The minimum atomic E-state index is -2.49. The molecule has 0 spiro atoms. The Bertz CT molecular complexity index is 1690. The molecular formula is C33H41BrN4O5Si. The number of piperazine rings is 1. The maximum absolute atomic E-state index is 14.8. The standard InChI is InChI=1S/C33H41BrN4O5Si/c1-31(2,3)42-30(41)38-24-13-11-10-12-21(24)33(22-18-35-23-15-14-19(34)16-20(22)23)17-25-26(39)36(7)28(27(40)37(25)29(33)38)43-44(8,9)32(4,5)6/h10-16,18,25,28-29,35H,17H2,1-9H3/t25-,28+,29-,33+/m0/s1. The fraction of sp³-hybridized carbons (Fsp3) is 0.485. The number of hydrogen-bond donors (Lipinski definition) is 1. The van der Waals surface area contributed by atoms with E-state index in [9.17, 15) is 14.4 Å². The molecule has 2 aromatic carbocycles. The van der Waals surface area contributed by atoms with Crippen LogP contribution < -0.4 is 4.90 Å². The van der Waals surface area contributed by atoms with Gasteiger partial charge in [-0.15, -0.1) is 0 Å². The number of nitrogens with one attached hydrogen (secondary N) is 1. The number of amides is 3. The van der Waals surface area contributed by atoms with Gasteiger partial charge in [0.15, 0.2) is 8.32 Å². The van der Waals surface area contributed by atoms with Crippen LogP contribution in [-0.2, 0) is 24.2 Å². The van der Waals surface area contributed by atoms with Gasteiger partial charge in [0.05, 0.1) is 11.1 Å². The Morgan fingerprint density at radius 2 is 1.70 bits per heavy atom. The molecule has 6 rings (SSSR count). The fourth-order valence-electron chi connectivity index (χ4n) is 6.78. The number of ether oxygens (including phenoxy) is 1. The third-order valence-electron chi connectivity index (χ3n) is 9.82. The number of rotatable bonds is 3. The van der Waals surface area contributed by atoms with E-state index in [0.717, 1.165) is 26.5 Å². The van der Waals surface area contributed by atoms with Gasteiger partial charge < -0.3 is 23.9 Å². The lowest BCUT2D eigenvalue weighted by molar-refractivity contribution is -0.172. The third-order valence-corrected chi connectivity index (χ3v) is 14.7. The van der Waals surface area contributed by atoms with Crippen molar-refractivity contribution >= 4 is 58.7 Å². The average Bonchev–Trinajstić information content (AvgIpc) is 3.56. The molecule has 44 heavy (non-hydrogen) atoms. The van der Waals surface area contributed by atoms with E-state index in [2.05, 4.69) is 54.8 Å². The molecule has 4 atom stereocenters. The van der Waals surface area contributed by atoms with Gasteiger partial charge in [0.1, 0.15) is 17.8 Å². The number of carbonyl (C=O) groups is 3. The molecule has 1 N–H and O–H groups in total. The zero-order valence-corrected chi connectivity index (χ0v) is 29.4. The Morgan fingerprint density at radius 1 is 1.02 bits per heavy atom. The Labute approximate surface area is 268 Å². The molecule has 2 saturated heterocycles. The van der Waals surface area contributed by atoms with E-state index in [1.807, 2.05) is 69.4 Å². The first kappa shape index (κ1) is 30.9. The van der Waals surface area contributed by atoms with Gasteiger partial charge in [0, 0.05) is 28.6 Å². The van der Waals surface area contributed by atoms with Crippen LogP contribution in [0.25, 0.3) is 10.9 Å². The monoisotopic (exact) mass is 680 g/mol. The summed E-state index contributed by atoms with van der Waals surface area (Å²) in [6.07, 6.45) is -0.264. The first-order chi connectivity index (χ1) is 20.4. The third kappa shape index (κ3) is 4.45. The van der Waals surface area contributed by atoms with Crippen molar-refractivity contribution in [2.75, 3.05) is 11.9 Å². The lowest BCUT2D eigenvalue weighted by Crippen LogP contribution is -2.68. The molecule has 11 heteroatoms. The van der Waals surface area contributed by atoms with Crippen LogP contribution in [0, 0.1) is 0 Å². The molecule has 3 amide bonds. The summed E-state index contributed by atoms with van der Waals surface area (Å²) in [5, 5.41) is 0.763. The highest BCUT2D eigenvalue weighted by molar-refractivity contribution is 9.10. The number of anilines is 1. The summed E-state index contributed by atoms with van der Waals surface area (Å²) in [6, 6.07) is 12.9. The van der Waals surface area contributed by atoms with Gasteiger partial charge in [0.2, 0.25) is 12.1 Å². The predicted octanol–water partition coefficient (Wildman–Crippen LogP) is 6.72. The Kier molecular flexibility index (Phi) is 6.96. The number of aromatic amines is 1. The highest BCUT2D eigenvalue weighted by Gasteiger charge is 2.69. The van der Waals surface area contributed by atoms with Crippen LogP contribution in [0.2, 0.25) is 18.1 Å². The van der Waals surface area contributed by atoms with Gasteiger partial charge >= 0.3 is 6.09 Å². The molecular weight excluding hydrogens is 640 g/mol. The highest BCUT2D eigenvalue weighted by Crippen LogP contribution is 2.60. The minimum Gasteiger partial charge on any atom is -0.443 e. The number of carbonyl (C=O) groups excluding carboxylic acids is 3. The lowest BCUT2D eigenvalue weighted by atomic mass is 9.72. The van der Waals surface area contributed by atoms with Crippen LogP contribution in [0.15, 0.2) is 53.1 Å². The Morgan fingerprint density at radius 3 is 2.36 bits per heavy atom. The Hall–Kier alpha value is -3.15. The molecule has 3 aliphatic heterocycles. The van der Waals surface area contributed by atoms with Gasteiger partial charge in [-0.05, 0) is 80.7 Å². The molecule has 3 aromatic rings. The summed E-state index contributed by atoms with van der Waals surface area (Å²) >= 11 is 3.63. The molecule has 0 unspecified atom stereocenters. The van der Waals surface area contributed by atoms with Crippen LogP contribution in [0.5, 0.6) is 0 Å². The molecule has 1 aromatic heterocycles. The van der Waals surface area contributed by atoms with Crippen molar-refractivity contribution in [3.63, 3.8) is 0 Å². The first-order valence-corrected chi connectivity index (χ1v) is 18.7. The predicted molar refractivity (Wildman–Crippen MR) is 176 cm³/mol. The van der Waals surface area contributed by atoms with Crippen molar-refractivity contribution in [1.29, 1.82) is 0 Å². The van der Waals surface area contributed by atoms with E-state index in [0.29, 0.717) is 12.1 Å². The van der Waals surface area contributed by atoms with Crippen molar-refractivity contribution in [1.82, 2.24) is 14.8 Å². The maximum Gasteiger partial charge on any atom is 0.416 e. The van der Waals surface area contributed by atoms with Crippen molar-refractivity contribution in [2.24, 2.45) is 0 Å². The second-order valence-corrected chi connectivity index (χ2v) is 20.4. The Balaban J connectivity index is 1.59. The van der Waals surface area contributed by atoms with Crippen LogP contribution >= 0.6 is 15.9 Å². The van der Waals surface area contributed by atoms with Crippen molar-refractivity contribution in [2.45, 2.75) is 95.5 Å². The molecule has 0 aliphatic carbocycles. The number of likely N-dealkylation sites (N-methyl/N-ethyl adjacent to an activating group) is 1. The van der Waals surface area contributed by atoms with Gasteiger partial charge in [-0.1, -0.05) is 54.9 Å². The van der Waals surface area contributed by atoms with Gasteiger partial charge in [-0.25, -0.2) is 4.79 Å². The second-order valence-electron chi connectivity index (χ2n) is 14.7. The quantitative estimate of drug-likeness (QED) is 0.310. The summed E-state index contributed by atoms with van der Waals surface area (Å²) in [5.41, 5.74) is 1.67. The molecule has 2 fully saturated rings. The van der Waals surface area contributed by atoms with Crippen LogP contribution in [-0.4, -0.2) is 72.1 Å². The number of benzene rings is 2. The van der Waals surface area contributed by atoms with E-state index >= 15 is 0 Å². The molecule has 4 heterocycles. The number of aromatic nitrogens is 1. The number of H-pyrrole nitrogens is 1. The summed E-state index contributed by atoms with van der Waals surface area (Å²) in [4.78, 5) is 51.4. The number of fused-ring (bicyclic) bond motifs is 6. The molecule has 0 saturated carbocycles. The van der Waals surface area contributed by atoms with Crippen LogP contribution in [0.4, 0.5) is 10.5 Å². The summed E-state index contributed by atoms with van der Waals surface area (Å²) in [6.45, 7) is 15.9. The summed E-state index contributed by atoms with van der Waals surface area (Å²) in [7, 11) is -0.837. The van der Waals surface area contributed by atoms with E-state index in [1.165, 1.54) is 4.90 Å². The minimum absolute atomic E-state index is 0.188. The SMILES string of the molecule is CN1C(=O)[C@@H]2C[C@]3(c4c[nH]c5ccc(Br)cc45)c4ccccc4N(C(=O)OC(C)(C)C)[C@@H]3N2C(=O)[C@H]1O[Si](C)(C)C(C)(C)C. The normalized spacial score (nSPS) is 25.4. The summed E-state index contributed by atoms with van der Waals surface area (Å²) < 4.78 is 13.6. The maximum atomic E-state index is 14.8. The van der Waals surface area contributed by atoms with E-state index in [-0.39, 0.29) is 16.9 Å². The van der Waals surface area contributed by atoms with Crippen molar-refractivity contribution in [3.05, 3.63) is 64.3 Å². The fourth-order valence-corrected chi connectivity index (χ4v) is 8.31. The molecule has 0 bridgehead atoms. The van der Waals surface area contributed by atoms with Gasteiger partial charge in [-0.2, -0.15) is 0 Å². The topological polar surface area (TPSA) is 95.2 Å². The lowest BCUT2D eigenvalue weighted by Gasteiger charge is -2.47. The smallest absolute Gasteiger partial charge is 0.416 e. The average molecular weight is 682 g/mol. The van der Waals surface area contributed by atoms with Crippen molar-refractivity contribution in [3.8, 4) is 0 Å². The summed E-state index contributed by atoms with van der Waals surface area (Å²) in [5.74, 6) is -0.527. The number of nitrogens with zero attached hydrogens (tertiary/aromatic N) is 3. The molecule has 234 valence electrons. The van der Waals surface area contributed by atoms with Crippen molar-refractivity contribution < 1.29 is 23.5 Å². The van der Waals surface area contributed by atoms with Gasteiger partial charge in [0.25, 0.3) is 5.91 Å². The van der Waals surface area contributed by atoms with Crippen LogP contribution in [0.3, 0.4) is 0 Å². The highest BCUT2D eigenvalue weighted by atomic mass is 79.9. The second kappa shape index (κ2) is 9.92. The van der Waals surface area contributed by atoms with Crippen LogP contribution in [0.1, 0.15) is 59.1 Å². The zero-order valence-electron chi connectivity index (χ0n) is 26.8. The zero-order chi connectivity index (χ0) is 32.1. The largest absolute Gasteiger partial charge is 0.443 e.